The van der Waals surface area contributed by atoms with Gasteiger partial charge < -0.3 is 0 Å². The van der Waals surface area contributed by atoms with Gasteiger partial charge in [-0.2, -0.15) is 4.37 Å². The van der Waals surface area contributed by atoms with Gasteiger partial charge in [0, 0.05) is 9.77 Å². The fourth-order valence-electron chi connectivity index (χ4n) is 0.293. The molecule has 1 nitrogen and oxygen atoms in total. The van der Waals surface area contributed by atoms with Crippen LogP contribution in [0.2, 0.25) is 0 Å². The van der Waals surface area contributed by atoms with E-state index >= 15 is 0 Å². The van der Waals surface area contributed by atoms with Crippen LogP contribution in [0.15, 0.2) is 11.1 Å². The van der Waals surface area contributed by atoms with E-state index in [9.17, 15) is 0 Å². The summed E-state index contributed by atoms with van der Waals surface area (Å²) in [7, 11) is 0. The fraction of sp³-hybridized carbons (Fsp3) is 0.250. The summed E-state index contributed by atoms with van der Waals surface area (Å²) in [6.45, 7) is 2.00. The van der Waals surface area contributed by atoms with Gasteiger partial charge in [0.25, 0.3) is 0 Å². The zero-order valence-electron chi connectivity index (χ0n) is 3.88. The minimum Gasteiger partial charge on any atom is -0.200 e. The summed E-state index contributed by atoms with van der Waals surface area (Å²) in [5.41, 5.74) is 0. The first kappa shape index (κ1) is 5.12. The van der Waals surface area contributed by atoms with E-state index in [1.54, 1.807) is 6.20 Å². The second kappa shape index (κ2) is 1.84. The molecule has 0 unspecified atom stereocenters. The number of hydrogen-bond donors (Lipinski definition) is 1. The topological polar surface area (TPSA) is 12.9 Å². The van der Waals surface area contributed by atoms with Crippen LogP contribution in [0.1, 0.15) is 4.88 Å². The first-order valence-electron chi connectivity index (χ1n) is 1.91. The molecular formula is C4H5NS2. The molecule has 0 fully saturated rings. The predicted octanol–water partition coefficient (Wildman–Crippen LogP) is 1.74. The van der Waals surface area contributed by atoms with Crippen LogP contribution in [0.3, 0.4) is 0 Å². The molecule has 0 saturated carbocycles. The Balaban J connectivity index is 3.12. The van der Waals surface area contributed by atoms with Crippen molar-refractivity contribution in [2.24, 2.45) is 0 Å². The lowest BCUT2D eigenvalue weighted by atomic mass is 10.6. The summed E-state index contributed by atoms with van der Waals surface area (Å²) in [5, 5.41) is 0. The first-order valence-corrected chi connectivity index (χ1v) is 3.13. The Hall–Kier alpha value is -0.0200. The average molecular weight is 131 g/mol. The van der Waals surface area contributed by atoms with Crippen LogP contribution in [-0.4, -0.2) is 4.37 Å². The highest BCUT2D eigenvalue weighted by Crippen LogP contribution is 2.14. The van der Waals surface area contributed by atoms with Crippen molar-refractivity contribution in [2.75, 3.05) is 0 Å². The molecule has 0 saturated heterocycles. The minimum absolute atomic E-state index is 0.991. The Morgan fingerprint density at radius 2 is 2.57 bits per heavy atom. The van der Waals surface area contributed by atoms with Crippen molar-refractivity contribution in [3.05, 3.63) is 11.1 Å². The fourth-order valence-corrected chi connectivity index (χ4v) is 1.01. The number of aromatic nitrogens is 1. The Morgan fingerprint density at radius 1 is 1.86 bits per heavy atom. The zero-order valence-corrected chi connectivity index (χ0v) is 5.59. The van der Waals surface area contributed by atoms with Crippen molar-refractivity contribution >= 4 is 24.2 Å². The second-order valence-corrected chi connectivity index (χ2v) is 2.75. The highest BCUT2D eigenvalue weighted by molar-refractivity contribution is 7.80. The van der Waals surface area contributed by atoms with Gasteiger partial charge in [0.05, 0.1) is 6.20 Å². The van der Waals surface area contributed by atoms with Crippen LogP contribution in [0.4, 0.5) is 0 Å². The highest BCUT2D eigenvalue weighted by atomic mass is 32.1. The number of rotatable bonds is 0. The van der Waals surface area contributed by atoms with Crippen molar-refractivity contribution in [3.63, 3.8) is 0 Å². The lowest BCUT2D eigenvalue weighted by molar-refractivity contribution is 1.38. The molecular weight excluding hydrogens is 126 g/mol. The Kier molecular flexibility index (Phi) is 1.35. The van der Waals surface area contributed by atoms with E-state index < -0.39 is 0 Å². The van der Waals surface area contributed by atoms with Crippen LogP contribution < -0.4 is 0 Å². The van der Waals surface area contributed by atoms with Crippen molar-refractivity contribution in [1.82, 2.24) is 4.37 Å². The Labute approximate surface area is 52.0 Å². The van der Waals surface area contributed by atoms with Gasteiger partial charge in [0.1, 0.15) is 0 Å². The van der Waals surface area contributed by atoms with Crippen molar-refractivity contribution in [1.29, 1.82) is 0 Å². The van der Waals surface area contributed by atoms with Gasteiger partial charge in [-0.05, 0) is 18.5 Å². The molecule has 0 spiro atoms. The molecule has 3 heteroatoms. The van der Waals surface area contributed by atoms with E-state index in [-0.39, 0.29) is 0 Å². The van der Waals surface area contributed by atoms with Crippen LogP contribution >= 0.6 is 24.2 Å². The van der Waals surface area contributed by atoms with E-state index in [2.05, 4.69) is 17.0 Å². The molecule has 1 aromatic rings. The molecule has 0 aliphatic carbocycles. The summed E-state index contributed by atoms with van der Waals surface area (Å²) in [6.07, 6.45) is 1.75. The Bertz CT molecular complexity index is 142. The van der Waals surface area contributed by atoms with Crippen LogP contribution in [0, 0.1) is 6.92 Å². The van der Waals surface area contributed by atoms with Gasteiger partial charge in [-0.1, -0.05) is 0 Å². The standard InChI is InChI=1S/C4H5NS2/c1-3-4(6)2-5-7-3/h2,6H,1H3. The number of hydrogen-bond acceptors (Lipinski definition) is 3. The molecule has 1 rings (SSSR count). The van der Waals surface area contributed by atoms with E-state index in [4.69, 9.17) is 0 Å². The number of aryl methyl sites for hydroxylation is 1. The first-order chi connectivity index (χ1) is 3.30. The Morgan fingerprint density at radius 3 is 2.71 bits per heavy atom. The van der Waals surface area contributed by atoms with E-state index in [1.165, 1.54) is 16.4 Å². The molecule has 1 heterocycles. The largest absolute Gasteiger partial charge is 0.200 e. The maximum absolute atomic E-state index is 4.10. The summed E-state index contributed by atoms with van der Waals surface area (Å²) in [6, 6.07) is 0. The lowest BCUT2D eigenvalue weighted by Crippen LogP contribution is -1.54. The smallest absolute Gasteiger partial charge is 0.0543 e. The molecule has 0 N–H and O–H groups in total. The van der Waals surface area contributed by atoms with Crippen LogP contribution in [-0.2, 0) is 0 Å². The maximum Gasteiger partial charge on any atom is 0.0543 e. The van der Waals surface area contributed by atoms with Gasteiger partial charge in [0.15, 0.2) is 0 Å². The van der Waals surface area contributed by atoms with Crippen molar-refractivity contribution < 1.29 is 0 Å². The monoisotopic (exact) mass is 131 g/mol. The molecule has 0 amide bonds. The third kappa shape index (κ3) is 0.951. The molecule has 38 valence electrons. The van der Waals surface area contributed by atoms with Crippen LogP contribution in [0.25, 0.3) is 0 Å². The summed E-state index contributed by atoms with van der Waals surface area (Å²) in [5.74, 6) is 0. The van der Waals surface area contributed by atoms with Gasteiger partial charge in [0.2, 0.25) is 0 Å². The van der Waals surface area contributed by atoms with Crippen molar-refractivity contribution in [3.8, 4) is 0 Å². The molecule has 0 bridgehead atoms. The minimum atomic E-state index is 0.991. The maximum atomic E-state index is 4.10. The lowest BCUT2D eigenvalue weighted by Gasteiger charge is -1.76. The summed E-state index contributed by atoms with van der Waals surface area (Å²) in [4.78, 5) is 2.17. The van der Waals surface area contributed by atoms with Gasteiger partial charge in [-0.3, -0.25) is 0 Å². The summed E-state index contributed by atoms with van der Waals surface area (Å²) < 4.78 is 3.89. The molecule has 7 heavy (non-hydrogen) atoms. The third-order valence-electron chi connectivity index (χ3n) is 0.725. The molecule has 0 atom stereocenters. The summed E-state index contributed by atoms with van der Waals surface area (Å²) >= 11 is 5.57. The van der Waals surface area contributed by atoms with E-state index in [1.807, 2.05) is 6.92 Å². The average Bonchev–Trinajstić information content (AvgIpc) is 1.91. The van der Waals surface area contributed by atoms with Crippen molar-refractivity contribution in [2.45, 2.75) is 11.8 Å². The van der Waals surface area contributed by atoms with E-state index in [0.29, 0.717) is 0 Å². The van der Waals surface area contributed by atoms with E-state index in [0.717, 1.165) is 4.90 Å². The second-order valence-electron chi connectivity index (χ2n) is 1.27. The normalized spacial score (nSPS) is 9.43. The molecule has 0 aromatic carbocycles. The van der Waals surface area contributed by atoms with Gasteiger partial charge >= 0.3 is 0 Å². The predicted molar refractivity (Wildman–Crippen MR) is 34.1 cm³/mol. The SMILES string of the molecule is Cc1sncc1S. The molecule has 1 aromatic heterocycles. The van der Waals surface area contributed by atoms with Gasteiger partial charge in [-0.15, -0.1) is 12.6 Å². The quantitative estimate of drug-likeness (QED) is 0.529. The van der Waals surface area contributed by atoms with Gasteiger partial charge in [-0.25, -0.2) is 0 Å². The third-order valence-corrected chi connectivity index (χ3v) is 2.03. The molecule has 0 aliphatic heterocycles. The highest BCUT2D eigenvalue weighted by Gasteiger charge is 1.90. The van der Waals surface area contributed by atoms with Crippen LogP contribution in [0.5, 0.6) is 0 Å². The molecule has 0 aliphatic rings. The number of nitrogens with zero attached hydrogens (tertiary/aromatic N) is 1. The zero-order chi connectivity index (χ0) is 5.28. The number of thiol groups is 1. The molecule has 0 radical (unpaired) electrons.